The molecule has 0 atom stereocenters. The highest BCUT2D eigenvalue weighted by atomic mass is 32.2. The average Bonchev–Trinajstić information content (AvgIpc) is 3.48. The van der Waals surface area contributed by atoms with E-state index in [0.717, 1.165) is 30.0 Å². The number of alkyl halides is 3. The van der Waals surface area contributed by atoms with Gasteiger partial charge in [-0.05, 0) is 48.8 Å². The van der Waals surface area contributed by atoms with Gasteiger partial charge in [0, 0.05) is 12.8 Å². The summed E-state index contributed by atoms with van der Waals surface area (Å²) in [4.78, 5) is 4.74. The number of rotatable bonds is 7. The van der Waals surface area contributed by atoms with Crippen molar-refractivity contribution < 1.29 is 44.8 Å². The summed E-state index contributed by atoms with van der Waals surface area (Å²) in [6.07, 6.45) is 5.90. The highest BCUT2D eigenvalue weighted by molar-refractivity contribution is 7.86. The molecule has 0 saturated carbocycles. The van der Waals surface area contributed by atoms with Gasteiger partial charge in [0.15, 0.2) is 10.1 Å². The summed E-state index contributed by atoms with van der Waals surface area (Å²) in [6, 6.07) is 14.0. The Kier molecular flexibility index (Phi) is 10.1. The van der Waals surface area contributed by atoms with E-state index in [1.54, 1.807) is 0 Å². The first-order valence-electron chi connectivity index (χ1n) is 13.3. The lowest BCUT2D eigenvalue weighted by atomic mass is 9.85. The molecule has 0 unspecified atom stereocenters. The van der Waals surface area contributed by atoms with Crippen LogP contribution in [-0.2, 0) is 26.2 Å². The fourth-order valence-corrected chi connectivity index (χ4v) is 5.20. The van der Waals surface area contributed by atoms with Crippen molar-refractivity contribution in [3.8, 4) is 17.6 Å². The molecule has 12 heteroatoms. The molecule has 1 aromatic carbocycles. The van der Waals surface area contributed by atoms with Crippen LogP contribution in [0.4, 0.5) is 13.2 Å². The molecule has 2 aromatic rings. The van der Waals surface area contributed by atoms with Crippen LogP contribution in [-0.4, -0.2) is 67.3 Å². The molecule has 4 saturated heterocycles. The van der Waals surface area contributed by atoms with E-state index in [1.807, 2.05) is 42.5 Å². The third-order valence-electron chi connectivity index (χ3n) is 7.44. The minimum atomic E-state index is -6.09. The quantitative estimate of drug-likeness (QED) is 0.156. The smallest absolute Gasteiger partial charge is 0.485 e. The lowest BCUT2D eigenvalue weighted by Gasteiger charge is -2.49. The lowest BCUT2D eigenvalue weighted by molar-refractivity contribution is -0.942. The van der Waals surface area contributed by atoms with Crippen LogP contribution in [0.25, 0.3) is 0 Å². The number of pyridine rings is 1. The zero-order valence-electron chi connectivity index (χ0n) is 22.1. The third kappa shape index (κ3) is 8.41. The molecule has 4 aliphatic heterocycles. The predicted octanol–water partition coefficient (Wildman–Crippen LogP) is 4.52. The van der Waals surface area contributed by atoms with Gasteiger partial charge in [0.2, 0.25) is 6.29 Å². The highest BCUT2D eigenvalue weighted by Gasteiger charge is 2.39. The van der Waals surface area contributed by atoms with Gasteiger partial charge >= 0.3 is 5.51 Å². The van der Waals surface area contributed by atoms with Gasteiger partial charge in [-0.2, -0.15) is 13.2 Å². The van der Waals surface area contributed by atoms with Crippen LogP contribution in [0.2, 0.25) is 0 Å². The van der Waals surface area contributed by atoms with E-state index in [-0.39, 0.29) is 0 Å². The number of unbranched alkanes of at least 4 members (excludes halogenated alkanes) is 1. The molecule has 4 aliphatic rings. The van der Waals surface area contributed by atoms with E-state index >= 15 is 0 Å². The Bertz CT molecular complexity index is 1270. The number of hydrogen-bond acceptors (Lipinski definition) is 7. The Hall–Kier alpha value is -2.69. The molecule has 0 amide bonds. The number of piperidine rings is 3. The monoisotopic (exact) mass is 582 g/mol. The van der Waals surface area contributed by atoms with E-state index in [1.165, 1.54) is 49.9 Å². The van der Waals surface area contributed by atoms with Crippen molar-refractivity contribution in [3.63, 3.8) is 0 Å². The van der Waals surface area contributed by atoms with E-state index in [2.05, 4.69) is 11.8 Å². The number of halogens is 3. The number of aromatic nitrogens is 1. The summed E-state index contributed by atoms with van der Waals surface area (Å²) >= 11 is 0. The van der Waals surface area contributed by atoms with E-state index in [4.69, 9.17) is 32.2 Å². The summed E-state index contributed by atoms with van der Waals surface area (Å²) in [5, 5.41) is 0. The molecular formula is C28H33F3N2O6S. The topological polar surface area (TPSA) is 97.8 Å². The maximum atomic E-state index is 10.7. The molecule has 40 heavy (non-hydrogen) atoms. The summed E-state index contributed by atoms with van der Waals surface area (Å²) in [5.41, 5.74) is -3.11. The number of fused-ring (bicyclic) bond motifs is 3. The summed E-state index contributed by atoms with van der Waals surface area (Å²) < 4.78 is 77.7. The molecule has 5 heterocycles. The van der Waals surface area contributed by atoms with Crippen molar-refractivity contribution in [2.45, 2.75) is 50.5 Å². The van der Waals surface area contributed by atoms with E-state index in [9.17, 15) is 13.2 Å². The van der Waals surface area contributed by atoms with Gasteiger partial charge in [0.1, 0.15) is 23.7 Å². The molecule has 0 aliphatic carbocycles. The molecule has 1 aromatic heterocycles. The molecule has 0 spiro atoms. The van der Waals surface area contributed by atoms with Crippen molar-refractivity contribution in [1.82, 2.24) is 4.98 Å². The Morgan fingerprint density at radius 3 is 2.25 bits per heavy atom. The van der Waals surface area contributed by atoms with Crippen LogP contribution in [0.3, 0.4) is 0 Å². The first kappa shape index (κ1) is 30.3. The van der Waals surface area contributed by atoms with Crippen molar-refractivity contribution >= 4 is 10.1 Å². The zero-order valence-corrected chi connectivity index (χ0v) is 22.9. The van der Waals surface area contributed by atoms with Gasteiger partial charge in [0.05, 0.1) is 39.4 Å². The van der Waals surface area contributed by atoms with Crippen molar-refractivity contribution in [2.75, 3.05) is 39.4 Å². The molecular weight excluding hydrogens is 549 g/mol. The highest BCUT2D eigenvalue weighted by Crippen LogP contribution is 2.34. The maximum absolute atomic E-state index is 10.7. The van der Waals surface area contributed by atoms with E-state index < -0.39 is 21.9 Å². The second-order valence-electron chi connectivity index (χ2n) is 10.2. The standard InChI is InChI=1S/C27H33N2O3.CHF3O3S/c1-3-7-23(8-4-1)21-32-25-11-10-24(28-26(25)27-30-19-20-31-27)9-5-2-6-15-29-16-12-22(13-17-29)14-18-29;2-1(3,4)8(5,6)7/h1,3-4,7-8,10-11,22,27H,2,6,12-21H2;(H,5,6,7)/q+1;/p-1. The second-order valence-corrected chi connectivity index (χ2v) is 11.6. The van der Waals surface area contributed by atoms with Gasteiger partial charge in [-0.15, -0.1) is 0 Å². The molecule has 8 nitrogen and oxygen atoms in total. The summed E-state index contributed by atoms with van der Waals surface area (Å²) in [5.74, 6) is 8.31. The zero-order chi connectivity index (χ0) is 28.6. The first-order valence-corrected chi connectivity index (χ1v) is 14.7. The van der Waals surface area contributed by atoms with Gasteiger partial charge in [-0.1, -0.05) is 36.3 Å². The van der Waals surface area contributed by atoms with Gasteiger partial charge in [-0.25, -0.2) is 13.4 Å². The fourth-order valence-electron chi connectivity index (χ4n) is 5.20. The summed E-state index contributed by atoms with van der Waals surface area (Å²) in [6.45, 7) is 7.05. The van der Waals surface area contributed by atoms with Crippen LogP contribution in [0, 0.1) is 17.8 Å². The Morgan fingerprint density at radius 2 is 1.65 bits per heavy atom. The largest absolute Gasteiger partial charge is 0.741 e. The molecule has 0 radical (unpaired) electrons. The Labute approximate surface area is 232 Å². The van der Waals surface area contributed by atoms with E-state index in [0.29, 0.717) is 31.3 Å². The lowest BCUT2D eigenvalue weighted by Crippen LogP contribution is -2.58. The van der Waals surface area contributed by atoms with Gasteiger partial charge in [0.25, 0.3) is 0 Å². The van der Waals surface area contributed by atoms with Crippen LogP contribution < -0.4 is 4.74 Å². The van der Waals surface area contributed by atoms with Crippen molar-refractivity contribution in [3.05, 3.63) is 59.4 Å². The molecule has 0 N–H and O–H groups in total. The van der Waals surface area contributed by atoms with Gasteiger partial charge < -0.3 is 23.2 Å². The average molecular weight is 583 g/mol. The minimum absolute atomic E-state index is 0.480. The molecule has 6 rings (SSSR count). The minimum Gasteiger partial charge on any atom is -0.741 e. The third-order valence-corrected chi connectivity index (χ3v) is 8.00. The maximum Gasteiger partial charge on any atom is 0.485 e. The number of nitrogens with zero attached hydrogens (tertiary/aromatic N) is 2. The number of hydrogen-bond donors (Lipinski definition) is 0. The van der Waals surface area contributed by atoms with Gasteiger partial charge in [-0.3, -0.25) is 0 Å². The number of ether oxygens (including phenoxy) is 3. The number of quaternary nitrogens is 1. The first-order chi connectivity index (χ1) is 19.0. The Morgan fingerprint density at radius 1 is 1.02 bits per heavy atom. The second kappa shape index (κ2) is 13.3. The SMILES string of the molecule is C(#Cc1ccc(OCc2ccccc2)c(C2OCCO2)n1)CCC[N+]12CCC(CC1)CC2.O=S(=O)([O-])C(F)(F)F. The normalized spacial score (nSPS) is 22.6. The van der Waals surface area contributed by atoms with Crippen molar-refractivity contribution in [2.24, 2.45) is 5.92 Å². The summed E-state index contributed by atoms with van der Waals surface area (Å²) in [7, 11) is -6.09. The van der Waals surface area contributed by atoms with Crippen molar-refractivity contribution in [1.29, 1.82) is 0 Å². The molecule has 218 valence electrons. The van der Waals surface area contributed by atoms with Crippen LogP contribution >= 0.6 is 0 Å². The van der Waals surface area contributed by atoms with Crippen LogP contribution in [0.1, 0.15) is 55.3 Å². The van der Waals surface area contributed by atoms with Crippen LogP contribution in [0.5, 0.6) is 5.75 Å². The Balaban J connectivity index is 0.000000406. The molecule has 2 bridgehead atoms. The fraction of sp³-hybridized carbons (Fsp3) is 0.536. The predicted molar refractivity (Wildman–Crippen MR) is 139 cm³/mol. The number of benzene rings is 1. The molecule has 4 fully saturated rings. The van der Waals surface area contributed by atoms with Crippen LogP contribution in [0.15, 0.2) is 42.5 Å².